The number of allylic oxidation sites excluding steroid dienone is 1. The second-order valence-corrected chi connectivity index (χ2v) is 4.98. The van der Waals surface area contributed by atoms with Crippen LogP contribution in [0.5, 0.6) is 0 Å². The number of hydrogen-bond acceptors (Lipinski definition) is 2. The Morgan fingerprint density at radius 3 is 2.82 bits per heavy atom. The van der Waals surface area contributed by atoms with Crippen LogP contribution in [0.15, 0.2) is 17.8 Å². The van der Waals surface area contributed by atoms with Crippen LogP contribution >= 0.6 is 11.6 Å². The third-order valence-electron chi connectivity index (χ3n) is 3.41. The van der Waals surface area contributed by atoms with Crippen molar-refractivity contribution in [3.63, 3.8) is 0 Å². The van der Waals surface area contributed by atoms with Crippen LogP contribution in [-0.2, 0) is 0 Å². The van der Waals surface area contributed by atoms with Crippen molar-refractivity contribution in [3.8, 4) is 0 Å². The highest BCUT2D eigenvalue weighted by Gasteiger charge is 2.17. The van der Waals surface area contributed by atoms with Crippen LogP contribution in [0.1, 0.15) is 43.6 Å². The van der Waals surface area contributed by atoms with E-state index in [-0.39, 0.29) is 0 Å². The molecule has 2 nitrogen and oxygen atoms in total. The average molecular weight is 251 g/mol. The van der Waals surface area contributed by atoms with Crippen molar-refractivity contribution in [3.05, 3.63) is 29.4 Å². The summed E-state index contributed by atoms with van der Waals surface area (Å²) in [6.45, 7) is 1.91. The second kappa shape index (κ2) is 6.15. The van der Waals surface area contributed by atoms with Crippen molar-refractivity contribution < 1.29 is 0 Å². The Hall–Kier alpha value is -0.890. The molecule has 0 bridgehead atoms. The molecule has 3 heteroatoms. The molecule has 1 aromatic rings. The molecule has 0 spiro atoms. The van der Waals surface area contributed by atoms with E-state index in [2.05, 4.69) is 16.0 Å². The van der Waals surface area contributed by atoms with E-state index in [1.54, 1.807) is 6.20 Å². The maximum atomic E-state index is 6.08. The van der Waals surface area contributed by atoms with Crippen molar-refractivity contribution in [1.82, 2.24) is 9.97 Å². The third kappa shape index (κ3) is 3.53. The van der Waals surface area contributed by atoms with Crippen LogP contribution in [-0.4, -0.2) is 15.8 Å². The van der Waals surface area contributed by atoms with Gasteiger partial charge in [0.05, 0.1) is 5.69 Å². The van der Waals surface area contributed by atoms with Crippen LogP contribution in [0.3, 0.4) is 0 Å². The number of rotatable bonds is 3. The van der Waals surface area contributed by atoms with E-state index in [1.165, 1.54) is 37.7 Å². The largest absolute Gasteiger partial charge is 0.242 e. The van der Waals surface area contributed by atoms with Gasteiger partial charge in [-0.3, -0.25) is 0 Å². The molecule has 0 aliphatic heterocycles. The molecule has 0 atom stereocenters. The number of aryl methyl sites for hydroxylation is 1. The van der Waals surface area contributed by atoms with Gasteiger partial charge in [0.2, 0.25) is 0 Å². The zero-order chi connectivity index (χ0) is 12.1. The normalized spacial score (nSPS) is 18.4. The Balaban J connectivity index is 2.16. The first kappa shape index (κ1) is 12.6. The molecule has 0 N–H and O–H groups in total. The van der Waals surface area contributed by atoms with Crippen LogP contribution in [0, 0.1) is 12.8 Å². The van der Waals surface area contributed by atoms with E-state index in [0.717, 1.165) is 11.5 Å². The number of halogens is 1. The summed E-state index contributed by atoms with van der Waals surface area (Å²) in [5.41, 5.74) is 2.32. The molecule has 1 heterocycles. The molecule has 1 aliphatic carbocycles. The van der Waals surface area contributed by atoms with E-state index >= 15 is 0 Å². The lowest BCUT2D eigenvalue weighted by Crippen LogP contribution is -2.10. The average Bonchev–Trinajstić information content (AvgIpc) is 2.37. The molecule has 1 aromatic heterocycles. The van der Waals surface area contributed by atoms with Gasteiger partial charge in [0.25, 0.3) is 0 Å². The standard InChI is InChI=1S/C14H19ClN2/c1-11-16-8-7-14(17-11)9-13(10-15)12-5-3-2-4-6-12/h7-9,12H,2-6,10H2,1H3/b13-9-. The minimum Gasteiger partial charge on any atom is -0.242 e. The van der Waals surface area contributed by atoms with Gasteiger partial charge in [-0.15, -0.1) is 11.6 Å². The zero-order valence-electron chi connectivity index (χ0n) is 10.3. The molecule has 92 valence electrons. The molecule has 0 saturated heterocycles. The molecule has 0 radical (unpaired) electrons. The van der Waals surface area contributed by atoms with Crippen molar-refractivity contribution in [1.29, 1.82) is 0 Å². The molecule has 0 unspecified atom stereocenters. The first-order valence-corrected chi connectivity index (χ1v) is 6.89. The molecule has 1 saturated carbocycles. The van der Waals surface area contributed by atoms with Gasteiger partial charge in [0.1, 0.15) is 5.82 Å². The van der Waals surface area contributed by atoms with Crippen molar-refractivity contribution in [2.24, 2.45) is 5.92 Å². The fourth-order valence-corrected chi connectivity index (χ4v) is 2.78. The minimum absolute atomic E-state index is 0.619. The smallest absolute Gasteiger partial charge is 0.125 e. The van der Waals surface area contributed by atoms with E-state index in [0.29, 0.717) is 11.8 Å². The quantitative estimate of drug-likeness (QED) is 0.758. The van der Waals surface area contributed by atoms with Crippen molar-refractivity contribution in [2.75, 3.05) is 5.88 Å². The van der Waals surface area contributed by atoms with Gasteiger partial charge < -0.3 is 0 Å². The monoisotopic (exact) mass is 250 g/mol. The fraction of sp³-hybridized carbons (Fsp3) is 0.571. The third-order valence-corrected chi connectivity index (χ3v) is 3.72. The number of alkyl halides is 1. The van der Waals surface area contributed by atoms with Gasteiger partial charge in [-0.25, -0.2) is 9.97 Å². The molecule has 0 aromatic carbocycles. The van der Waals surface area contributed by atoms with E-state index in [9.17, 15) is 0 Å². The Morgan fingerprint density at radius 2 is 2.18 bits per heavy atom. The Bertz CT molecular complexity index is 395. The maximum absolute atomic E-state index is 6.08. The molecular weight excluding hydrogens is 232 g/mol. The summed E-state index contributed by atoms with van der Waals surface area (Å²) in [5, 5.41) is 0. The van der Waals surface area contributed by atoms with Crippen LogP contribution in [0.2, 0.25) is 0 Å². The molecule has 17 heavy (non-hydrogen) atoms. The summed E-state index contributed by atoms with van der Waals surface area (Å²) in [7, 11) is 0. The summed E-state index contributed by atoms with van der Waals surface area (Å²) in [6.07, 6.45) is 10.6. The van der Waals surface area contributed by atoms with Gasteiger partial charge in [0, 0.05) is 12.1 Å². The number of nitrogens with zero attached hydrogens (tertiary/aromatic N) is 2. The Morgan fingerprint density at radius 1 is 1.41 bits per heavy atom. The highest BCUT2D eigenvalue weighted by molar-refractivity contribution is 6.19. The zero-order valence-corrected chi connectivity index (χ0v) is 11.1. The van der Waals surface area contributed by atoms with E-state index < -0.39 is 0 Å². The van der Waals surface area contributed by atoms with Crippen molar-refractivity contribution >= 4 is 17.7 Å². The van der Waals surface area contributed by atoms with Gasteiger partial charge in [-0.2, -0.15) is 0 Å². The van der Waals surface area contributed by atoms with Crippen LogP contribution < -0.4 is 0 Å². The second-order valence-electron chi connectivity index (χ2n) is 4.72. The SMILES string of the molecule is Cc1nccc(/C=C(/CCl)C2CCCCC2)n1. The first-order valence-electron chi connectivity index (χ1n) is 6.35. The first-order chi connectivity index (χ1) is 8.29. The van der Waals surface area contributed by atoms with Gasteiger partial charge in [-0.1, -0.05) is 24.8 Å². The summed E-state index contributed by atoms with van der Waals surface area (Å²) in [4.78, 5) is 8.52. The Labute approximate surface area is 108 Å². The molecule has 0 amide bonds. The summed E-state index contributed by atoms with van der Waals surface area (Å²) in [5.74, 6) is 2.10. The number of hydrogen-bond donors (Lipinski definition) is 0. The van der Waals surface area contributed by atoms with Gasteiger partial charge in [-0.05, 0) is 37.8 Å². The lowest BCUT2D eigenvalue weighted by Gasteiger charge is -2.23. The molecule has 2 rings (SSSR count). The van der Waals surface area contributed by atoms with E-state index in [1.807, 2.05) is 13.0 Å². The van der Waals surface area contributed by atoms with Gasteiger partial charge in [0.15, 0.2) is 0 Å². The van der Waals surface area contributed by atoms with Crippen LogP contribution in [0.4, 0.5) is 0 Å². The molecular formula is C14H19ClN2. The predicted molar refractivity (Wildman–Crippen MR) is 72.0 cm³/mol. The summed E-state index contributed by atoms with van der Waals surface area (Å²) >= 11 is 6.08. The van der Waals surface area contributed by atoms with Gasteiger partial charge >= 0.3 is 0 Å². The predicted octanol–water partition coefficient (Wildman–Crippen LogP) is 3.99. The topological polar surface area (TPSA) is 25.8 Å². The molecule has 1 fully saturated rings. The van der Waals surface area contributed by atoms with Crippen molar-refractivity contribution in [2.45, 2.75) is 39.0 Å². The summed E-state index contributed by atoms with van der Waals surface area (Å²) in [6, 6.07) is 1.95. The summed E-state index contributed by atoms with van der Waals surface area (Å²) < 4.78 is 0. The highest BCUT2D eigenvalue weighted by Crippen LogP contribution is 2.31. The van der Waals surface area contributed by atoms with E-state index in [4.69, 9.17) is 11.6 Å². The Kier molecular flexibility index (Phi) is 4.55. The lowest BCUT2D eigenvalue weighted by molar-refractivity contribution is 0.405. The maximum Gasteiger partial charge on any atom is 0.125 e. The minimum atomic E-state index is 0.619. The molecule has 1 aliphatic rings. The van der Waals surface area contributed by atoms with Crippen LogP contribution in [0.25, 0.3) is 6.08 Å². The lowest BCUT2D eigenvalue weighted by atomic mass is 9.84. The fourth-order valence-electron chi connectivity index (χ4n) is 2.48. The highest BCUT2D eigenvalue weighted by atomic mass is 35.5. The number of aromatic nitrogens is 2.